The van der Waals surface area contributed by atoms with E-state index in [-0.39, 0.29) is 30.8 Å². The Balaban J connectivity index is 0.00000191. The second-order valence-electron chi connectivity index (χ2n) is 8.42. The predicted molar refractivity (Wildman–Crippen MR) is 152 cm³/mol. The van der Waals surface area contributed by atoms with Gasteiger partial charge in [0.15, 0.2) is 0 Å². The second-order valence-corrected chi connectivity index (χ2v) is 13.1. The molecule has 0 atom stereocenters. The molecule has 0 amide bonds. The van der Waals surface area contributed by atoms with Crippen LogP contribution in [0.5, 0.6) is 0 Å². The van der Waals surface area contributed by atoms with Gasteiger partial charge in [0.25, 0.3) is 20.2 Å². The van der Waals surface area contributed by atoms with Crippen LogP contribution in [0.25, 0.3) is 0 Å². The minimum absolute atomic E-state index is 0.113. The Morgan fingerprint density at radius 1 is 0.850 bits per heavy atom. The summed E-state index contributed by atoms with van der Waals surface area (Å²) in [5, 5.41) is 0. The summed E-state index contributed by atoms with van der Waals surface area (Å²) in [4.78, 5) is 16.3. The summed E-state index contributed by atoms with van der Waals surface area (Å²) < 4.78 is 91.0. The smallest absolute Gasteiger partial charge is 0.294 e. The van der Waals surface area contributed by atoms with Gasteiger partial charge in [0.05, 0.1) is 16.0 Å². The molecule has 3 rings (SSSR count). The summed E-state index contributed by atoms with van der Waals surface area (Å²) in [7, 11) is -10.7. The zero-order valence-electron chi connectivity index (χ0n) is 23.7. The molecule has 0 bridgehead atoms. The number of hydrogen-bond donors (Lipinski definition) is 3. The van der Waals surface area contributed by atoms with Crippen LogP contribution in [0.15, 0.2) is 28.0 Å². The van der Waals surface area contributed by atoms with Crippen molar-refractivity contribution in [3.8, 4) is 0 Å². The number of likely N-dealkylation sites (N-methyl/N-ethyl adjacent to an activating group) is 1. The average Bonchev–Trinajstić information content (AvgIpc) is 2.87. The highest BCUT2D eigenvalue weighted by molar-refractivity contribution is 7.88. The molecule has 1 aromatic heterocycles. The van der Waals surface area contributed by atoms with E-state index in [0.29, 0.717) is 31.3 Å². The van der Waals surface area contributed by atoms with Crippen LogP contribution in [0.4, 0.5) is 5.95 Å². The van der Waals surface area contributed by atoms with Crippen LogP contribution in [0, 0.1) is 0 Å². The number of aromatic nitrogens is 3. The third kappa shape index (κ3) is 11.7. The molecule has 17 heteroatoms. The summed E-state index contributed by atoms with van der Waals surface area (Å²) in [5.74, 6) is 0.796. The van der Waals surface area contributed by atoms with E-state index in [4.69, 9.17) is 0 Å². The fourth-order valence-electron chi connectivity index (χ4n) is 3.57. The number of nitrogens with one attached hydrogen (secondary N) is 1. The van der Waals surface area contributed by atoms with Gasteiger partial charge in [0, 0.05) is 45.6 Å². The Hall–Kier alpha value is -2.28. The van der Waals surface area contributed by atoms with Gasteiger partial charge >= 0.3 is 0 Å². The van der Waals surface area contributed by atoms with E-state index in [1.165, 1.54) is 0 Å². The van der Waals surface area contributed by atoms with E-state index in [0.717, 1.165) is 37.5 Å². The van der Waals surface area contributed by atoms with Crippen LogP contribution in [0.2, 0.25) is 0 Å². The summed E-state index contributed by atoms with van der Waals surface area (Å²) in [6.45, 7) is 10.9. The first-order chi connectivity index (χ1) is 18.6. The molecule has 1 aliphatic heterocycles. The summed E-state index contributed by atoms with van der Waals surface area (Å²) in [5.41, 5.74) is -0.132. The number of anilines is 1. The van der Waals surface area contributed by atoms with Crippen molar-refractivity contribution in [2.75, 3.05) is 50.9 Å². The summed E-state index contributed by atoms with van der Waals surface area (Å²) in [6.07, 6.45) is 1.44. The highest BCUT2D eigenvalue weighted by Gasteiger charge is 2.23. The Bertz CT molecular complexity index is 1430. The molecule has 0 aliphatic carbocycles. The lowest BCUT2D eigenvalue weighted by atomic mass is 10.1. The molecule has 1 aromatic carbocycles. The molecular formula is C23H40N6O8S3. The zero-order chi connectivity index (χ0) is 30.7. The Labute approximate surface area is 237 Å². The van der Waals surface area contributed by atoms with E-state index in [1.54, 1.807) is 0 Å². The maximum Gasteiger partial charge on any atom is 0.294 e. The van der Waals surface area contributed by atoms with E-state index in [9.17, 15) is 34.4 Å². The number of aryl methyl sites for hydroxylation is 1. The van der Waals surface area contributed by atoms with Crippen molar-refractivity contribution >= 4 is 36.2 Å². The molecule has 2 heterocycles. The van der Waals surface area contributed by atoms with Gasteiger partial charge in [-0.3, -0.25) is 9.11 Å². The number of nitrogens with zero attached hydrogens (tertiary/aromatic N) is 5. The first-order valence-corrected chi connectivity index (χ1v) is 17.6. The Morgan fingerprint density at radius 3 is 1.95 bits per heavy atom. The lowest BCUT2D eigenvalue weighted by Crippen LogP contribution is -2.45. The molecule has 1 fully saturated rings. The summed E-state index contributed by atoms with van der Waals surface area (Å²) >= 11 is 0. The van der Waals surface area contributed by atoms with E-state index >= 15 is 0 Å². The van der Waals surface area contributed by atoms with Crippen molar-refractivity contribution < 1.29 is 34.4 Å². The van der Waals surface area contributed by atoms with Gasteiger partial charge in [0.2, 0.25) is 16.0 Å². The molecule has 1 aliphatic rings. The first kappa shape index (κ1) is 35.7. The molecule has 0 radical (unpaired) electrons. The topological polar surface area (TPSA) is 200 Å². The molecule has 0 saturated carbocycles. The van der Waals surface area contributed by atoms with Gasteiger partial charge in [0.1, 0.15) is 11.6 Å². The Kier molecular flexibility index (Phi) is 14.0. The van der Waals surface area contributed by atoms with Crippen molar-refractivity contribution in [2.45, 2.75) is 56.7 Å². The quantitative estimate of drug-likeness (QED) is 0.252. The SMILES string of the molecule is CC.CC.CN1CCN(c2nc(CCCNS(C)(=O)=O)nc(Cc3cc(S(=O)(=O)O)ccc3S(=O)(=O)O)n2)CC1. The minimum atomic E-state index is -4.72. The summed E-state index contributed by atoms with van der Waals surface area (Å²) in [6, 6.07) is 2.69. The van der Waals surface area contributed by atoms with Crippen LogP contribution < -0.4 is 9.62 Å². The first-order valence-electron chi connectivity index (χ1n) is 12.8. The molecule has 228 valence electrons. The Morgan fingerprint density at radius 2 is 1.43 bits per heavy atom. The third-order valence-electron chi connectivity index (χ3n) is 5.40. The van der Waals surface area contributed by atoms with Crippen molar-refractivity contribution in [2.24, 2.45) is 0 Å². The monoisotopic (exact) mass is 624 g/mol. The van der Waals surface area contributed by atoms with Gasteiger partial charge in [-0.25, -0.2) is 18.1 Å². The van der Waals surface area contributed by atoms with Gasteiger partial charge in [-0.2, -0.15) is 26.8 Å². The number of piperazine rings is 1. The highest BCUT2D eigenvalue weighted by Crippen LogP contribution is 2.23. The molecule has 3 N–H and O–H groups in total. The lowest BCUT2D eigenvalue weighted by Gasteiger charge is -2.32. The molecule has 0 spiro atoms. The molecule has 2 aromatic rings. The van der Waals surface area contributed by atoms with E-state index in [1.807, 2.05) is 39.6 Å². The van der Waals surface area contributed by atoms with Crippen LogP contribution in [-0.4, -0.2) is 100 Å². The van der Waals surface area contributed by atoms with Crippen molar-refractivity contribution in [3.05, 3.63) is 35.4 Å². The standard InChI is InChI=1S/C19H28N6O8S3.2C2H6/c1-24-8-10-25(11-9-24)19-22-17(4-3-7-20-34(2,26)27)21-18(23-19)13-14-12-15(35(28,29)30)5-6-16(14)36(31,32)33;2*1-2/h5-6,12,20H,3-4,7-11,13H2,1-2H3,(H,28,29,30)(H,31,32,33);2*1-2H3. The van der Waals surface area contributed by atoms with Crippen molar-refractivity contribution in [3.63, 3.8) is 0 Å². The molecular weight excluding hydrogens is 584 g/mol. The van der Waals surface area contributed by atoms with Gasteiger partial charge < -0.3 is 9.80 Å². The fourth-order valence-corrected chi connectivity index (χ4v) is 5.32. The molecule has 40 heavy (non-hydrogen) atoms. The van der Waals surface area contributed by atoms with Gasteiger partial charge in [-0.05, 0) is 37.2 Å². The molecule has 1 saturated heterocycles. The number of benzene rings is 1. The zero-order valence-corrected chi connectivity index (χ0v) is 26.1. The maximum atomic E-state index is 11.9. The minimum Gasteiger partial charge on any atom is -0.338 e. The van der Waals surface area contributed by atoms with Gasteiger partial charge in [-0.15, -0.1) is 0 Å². The third-order valence-corrected chi connectivity index (χ3v) is 7.93. The number of hydrogen-bond acceptors (Lipinski definition) is 11. The molecule has 14 nitrogen and oxygen atoms in total. The van der Waals surface area contributed by atoms with Crippen molar-refractivity contribution in [1.82, 2.24) is 24.6 Å². The number of rotatable bonds is 10. The van der Waals surface area contributed by atoms with E-state index < -0.39 is 40.1 Å². The second kappa shape index (κ2) is 15.6. The van der Waals surface area contributed by atoms with Crippen molar-refractivity contribution in [1.29, 1.82) is 0 Å². The van der Waals surface area contributed by atoms with E-state index in [2.05, 4.69) is 24.6 Å². The fraction of sp³-hybridized carbons (Fsp3) is 0.609. The predicted octanol–water partition coefficient (Wildman–Crippen LogP) is 1.24. The highest BCUT2D eigenvalue weighted by atomic mass is 32.2. The normalized spacial score (nSPS) is 14.6. The van der Waals surface area contributed by atoms with Crippen LogP contribution in [0.1, 0.15) is 51.3 Å². The maximum absolute atomic E-state index is 11.9. The van der Waals surface area contributed by atoms with Crippen LogP contribution in [0.3, 0.4) is 0 Å². The lowest BCUT2D eigenvalue weighted by molar-refractivity contribution is 0.311. The largest absolute Gasteiger partial charge is 0.338 e. The average molecular weight is 625 g/mol. The van der Waals surface area contributed by atoms with Gasteiger partial charge in [-0.1, -0.05) is 27.7 Å². The van der Waals surface area contributed by atoms with Crippen LogP contribution >= 0.6 is 0 Å². The molecule has 0 unspecified atom stereocenters. The number of sulfonamides is 1. The van der Waals surface area contributed by atoms with Crippen LogP contribution in [-0.2, 0) is 43.1 Å².